The molecule has 0 bridgehead atoms. The molecule has 2 N–H and O–H groups in total. The summed E-state index contributed by atoms with van der Waals surface area (Å²) in [4.78, 5) is 16.5. The van der Waals surface area contributed by atoms with Crippen LogP contribution in [0.25, 0.3) is 0 Å². The van der Waals surface area contributed by atoms with Gasteiger partial charge in [-0.05, 0) is 70.1 Å². The largest absolute Gasteiger partial charge is 0.332 e. The fraction of sp³-hybridized carbons (Fsp3) is 0.550. The van der Waals surface area contributed by atoms with Crippen LogP contribution in [-0.2, 0) is 24.9 Å². The number of aromatic nitrogens is 3. The molecule has 0 spiro atoms. The first-order valence-corrected chi connectivity index (χ1v) is 9.40. The summed E-state index contributed by atoms with van der Waals surface area (Å²) in [6, 6.07) is 6.36. The van der Waals surface area contributed by atoms with E-state index in [-0.39, 0.29) is 17.6 Å². The summed E-state index contributed by atoms with van der Waals surface area (Å²) >= 11 is 0. The van der Waals surface area contributed by atoms with Crippen LogP contribution in [0.2, 0.25) is 0 Å². The minimum absolute atomic E-state index is 0.0392. The van der Waals surface area contributed by atoms with Crippen molar-refractivity contribution < 1.29 is 4.79 Å². The van der Waals surface area contributed by atoms with Gasteiger partial charge in [-0.15, -0.1) is 0 Å². The number of carbonyl (C=O) groups is 1. The molecule has 0 radical (unpaired) electrons. The highest BCUT2D eigenvalue weighted by Crippen LogP contribution is 2.24. The number of rotatable bonds is 4. The minimum Gasteiger partial charge on any atom is -0.332 e. The van der Waals surface area contributed by atoms with Gasteiger partial charge in [-0.25, -0.2) is 14.5 Å². The van der Waals surface area contributed by atoms with E-state index in [4.69, 9.17) is 0 Å². The van der Waals surface area contributed by atoms with Crippen molar-refractivity contribution in [2.45, 2.75) is 71.5 Å². The fourth-order valence-electron chi connectivity index (χ4n) is 3.46. The molecule has 6 nitrogen and oxygen atoms in total. The first-order chi connectivity index (χ1) is 12.3. The van der Waals surface area contributed by atoms with Crippen molar-refractivity contribution in [1.29, 1.82) is 0 Å². The Balaban J connectivity index is 1.57. The molecule has 1 heterocycles. The highest BCUT2D eigenvalue weighted by Gasteiger charge is 2.19. The summed E-state index contributed by atoms with van der Waals surface area (Å²) in [6.45, 7) is 8.54. The van der Waals surface area contributed by atoms with E-state index in [2.05, 4.69) is 59.7 Å². The summed E-state index contributed by atoms with van der Waals surface area (Å²) < 4.78 is 1.83. The monoisotopic (exact) mass is 355 g/mol. The molecule has 1 aliphatic carbocycles. The first kappa shape index (κ1) is 18.4. The Morgan fingerprint density at radius 1 is 1.23 bits per heavy atom. The molecule has 26 heavy (non-hydrogen) atoms. The predicted octanol–water partition coefficient (Wildman–Crippen LogP) is 3.47. The number of nitrogens with one attached hydrogen (secondary N) is 2. The summed E-state index contributed by atoms with van der Waals surface area (Å²) in [5.74, 6) is 0.745. The molecule has 1 aromatic carbocycles. The van der Waals surface area contributed by atoms with Crippen LogP contribution in [0.4, 0.5) is 4.79 Å². The zero-order valence-corrected chi connectivity index (χ0v) is 16.2. The van der Waals surface area contributed by atoms with E-state index in [1.165, 1.54) is 36.7 Å². The smallest absolute Gasteiger partial charge is 0.315 e. The third-order valence-corrected chi connectivity index (χ3v) is 4.88. The van der Waals surface area contributed by atoms with Gasteiger partial charge in [0.25, 0.3) is 0 Å². The lowest BCUT2D eigenvalue weighted by Crippen LogP contribution is -2.38. The second kappa shape index (κ2) is 7.48. The van der Waals surface area contributed by atoms with Crippen molar-refractivity contribution in [2.24, 2.45) is 0 Å². The average Bonchev–Trinajstić information content (AvgIpc) is 3.08. The van der Waals surface area contributed by atoms with Crippen LogP contribution in [-0.4, -0.2) is 20.8 Å². The van der Waals surface area contributed by atoms with Crippen LogP contribution in [0, 0.1) is 0 Å². The molecule has 0 saturated carbocycles. The second-order valence-corrected chi connectivity index (χ2v) is 8.04. The molecule has 6 heteroatoms. The maximum atomic E-state index is 12.3. The maximum Gasteiger partial charge on any atom is 0.315 e. The van der Waals surface area contributed by atoms with Crippen molar-refractivity contribution in [2.75, 3.05) is 0 Å². The van der Waals surface area contributed by atoms with E-state index < -0.39 is 0 Å². The third-order valence-electron chi connectivity index (χ3n) is 4.88. The lowest BCUT2D eigenvalue weighted by molar-refractivity contribution is 0.236. The summed E-state index contributed by atoms with van der Waals surface area (Å²) in [5, 5.41) is 10.2. The Kier molecular flexibility index (Phi) is 5.30. The zero-order chi connectivity index (χ0) is 18.7. The van der Waals surface area contributed by atoms with E-state index in [0.29, 0.717) is 6.54 Å². The molecule has 1 unspecified atom stereocenters. The molecule has 140 valence electrons. The summed E-state index contributed by atoms with van der Waals surface area (Å²) in [5.41, 5.74) is 3.87. The van der Waals surface area contributed by atoms with Crippen molar-refractivity contribution in [3.63, 3.8) is 0 Å². The van der Waals surface area contributed by atoms with E-state index in [0.717, 1.165) is 17.8 Å². The van der Waals surface area contributed by atoms with Crippen molar-refractivity contribution in [3.05, 3.63) is 47.0 Å². The molecule has 1 atom stereocenters. The van der Waals surface area contributed by atoms with Gasteiger partial charge >= 0.3 is 6.03 Å². The number of hydrogen-bond acceptors (Lipinski definition) is 3. The van der Waals surface area contributed by atoms with Crippen LogP contribution in [0.5, 0.6) is 0 Å². The molecule has 1 aliphatic rings. The summed E-state index contributed by atoms with van der Waals surface area (Å²) in [6.07, 6.45) is 6.38. The molecule has 2 amide bonds. The Labute approximate surface area is 155 Å². The number of urea groups is 1. The van der Waals surface area contributed by atoms with Crippen LogP contribution in [0.15, 0.2) is 24.5 Å². The lowest BCUT2D eigenvalue weighted by Gasteiger charge is -2.22. The topological polar surface area (TPSA) is 71.8 Å². The molecule has 0 saturated heterocycles. The van der Waals surface area contributed by atoms with Crippen molar-refractivity contribution in [1.82, 2.24) is 25.4 Å². The van der Waals surface area contributed by atoms with Gasteiger partial charge in [-0.1, -0.05) is 18.2 Å². The number of carbonyl (C=O) groups excluding carboxylic acids is 1. The van der Waals surface area contributed by atoms with Crippen LogP contribution < -0.4 is 10.6 Å². The molecule has 1 aromatic heterocycles. The van der Waals surface area contributed by atoms with Crippen LogP contribution in [0.1, 0.15) is 69.1 Å². The van der Waals surface area contributed by atoms with E-state index in [9.17, 15) is 4.79 Å². The standard InChI is InChI=1S/C20H29N5O/c1-14(16-10-9-15-7-5-6-8-17(15)11-16)24-19(26)21-12-18-22-13-23-25(18)20(2,3)4/h9-11,13-14H,5-8,12H2,1-4H3,(H2,21,24,26). The number of amides is 2. The van der Waals surface area contributed by atoms with Crippen LogP contribution >= 0.6 is 0 Å². The number of benzene rings is 1. The second-order valence-electron chi connectivity index (χ2n) is 8.04. The fourth-order valence-corrected chi connectivity index (χ4v) is 3.46. The van der Waals surface area contributed by atoms with Crippen molar-refractivity contribution in [3.8, 4) is 0 Å². The average molecular weight is 355 g/mol. The Morgan fingerprint density at radius 2 is 1.96 bits per heavy atom. The third kappa shape index (κ3) is 4.23. The molecule has 3 rings (SSSR count). The van der Waals surface area contributed by atoms with Gasteiger partial charge in [0.15, 0.2) is 0 Å². The summed E-state index contributed by atoms with van der Waals surface area (Å²) in [7, 11) is 0. The van der Waals surface area contributed by atoms with Gasteiger partial charge < -0.3 is 10.6 Å². The van der Waals surface area contributed by atoms with Gasteiger partial charge in [0.1, 0.15) is 12.2 Å². The van der Waals surface area contributed by atoms with Gasteiger partial charge in [0.2, 0.25) is 0 Å². The SMILES string of the molecule is CC(NC(=O)NCc1ncnn1C(C)(C)C)c1ccc2c(c1)CCCC2. The van der Waals surface area contributed by atoms with E-state index in [1.807, 2.05) is 11.6 Å². The molecule has 0 fully saturated rings. The maximum absolute atomic E-state index is 12.3. The Hall–Kier alpha value is -2.37. The van der Waals surface area contributed by atoms with Crippen molar-refractivity contribution >= 4 is 6.03 Å². The van der Waals surface area contributed by atoms with Gasteiger partial charge in [0.05, 0.1) is 18.1 Å². The number of hydrogen-bond donors (Lipinski definition) is 2. The number of aryl methyl sites for hydroxylation is 2. The van der Waals surface area contributed by atoms with Crippen LogP contribution in [0.3, 0.4) is 0 Å². The van der Waals surface area contributed by atoms with Gasteiger partial charge in [-0.2, -0.15) is 5.10 Å². The molecule has 2 aromatic rings. The molecular weight excluding hydrogens is 326 g/mol. The zero-order valence-electron chi connectivity index (χ0n) is 16.2. The normalized spacial score (nSPS) is 15.2. The Bertz CT molecular complexity index is 775. The predicted molar refractivity (Wildman–Crippen MR) is 102 cm³/mol. The first-order valence-electron chi connectivity index (χ1n) is 9.40. The quantitative estimate of drug-likeness (QED) is 0.882. The minimum atomic E-state index is -0.196. The van der Waals surface area contributed by atoms with E-state index in [1.54, 1.807) is 0 Å². The molecular formula is C20H29N5O. The highest BCUT2D eigenvalue weighted by atomic mass is 16.2. The van der Waals surface area contributed by atoms with Gasteiger partial charge in [-0.3, -0.25) is 0 Å². The van der Waals surface area contributed by atoms with E-state index >= 15 is 0 Å². The molecule has 0 aliphatic heterocycles. The lowest BCUT2D eigenvalue weighted by atomic mass is 9.89. The number of nitrogens with zero attached hydrogens (tertiary/aromatic N) is 3. The number of fused-ring (bicyclic) bond motifs is 1. The van der Waals surface area contributed by atoms with Gasteiger partial charge in [0, 0.05) is 0 Å². The Morgan fingerprint density at radius 3 is 2.69 bits per heavy atom. The highest BCUT2D eigenvalue weighted by molar-refractivity contribution is 5.74.